The van der Waals surface area contributed by atoms with E-state index < -0.39 is 35.6 Å². The molecular weight excluding hydrogens is 494 g/mol. The number of rotatable bonds is 7. The summed E-state index contributed by atoms with van der Waals surface area (Å²) < 4.78 is 17.7. The summed E-state index contributed by atoms with van der Waals surface area (Å²) in [6, 6.07) is 23.0. The van der Waals surface area contributed by atoms with E-state index in [9.17, 15) is 14.4 Å². The first kappa shape index (κ1) is 26.9. The fourth-order valence-electron chi connectivity index (χ4n) is 6.05. The normalized spacial score (nSPS) is 26.7. The Kier molecular flexibility index (Phi) is 7.45. The molecular formula is C32H35NO6. The number of amides is 2. The summed E-state index contributed by atoms with van der Waals surface area (Å²) in [5, 5.41) is 2.06. The van der Waals surface area contributed by atoms with Gasteiger partial charge < -0.3 is 14.2 Å². The van der Waals surface area contributed by atoms with Crippen molar-refractivity contribution in [1.82, 2.24) is 4.90 Å². The highest BCUT2D eigenvalue weighted by Crippen LogP contribution is 2.52. The minimum Gasteiger partial charge on any atom is -0.464 e. The second-order valence-corrected chi connectivity index (χ2v) is 10.8. The molecule has 0 spiro atoms. The molecule has 2 heterocycles. The van der Waals surface area contributed by atoms with Crippen LogP contribution in [0.25, 0.3) is 10.8 Å². The third-order valence-corrected chi connectivity index (χ3v) is 8.22. The van der Waals surface area contributed by atoms with Crippen LogP contribution in [0.5, 0.6) is 0 Å². The maximum Gasteiger partial charge on any atom is 0.416 e. The molecule has 2 fully saturated rings. The van der Waals surface area contributed by atoms with Crippen LogP contribution < -0.4 is 0 Å². The molecule has 7 nitrogen and oxygen atoms in total. The smallest absolute Gasteiger partial charge is 0.416 e. The maximum absolute atomic E-state index is 14.3. The Balaban J connectivity index is 1.63. The zero-order valence-corrected chi connectivity index (χ0v) is 22.8. The first-order chi connectivity index (χ1) is 18.8. The number of benzene rings is 3. The SMILES string of the molecule is CCOC(=O)[C@@]1(Cc2cccc3ccccc23)O[C@@H](c2ccccc2)[C@@H](C(=O)N2C(=O)OC[C@@H]2C(C)C)[C@@H]1C. The Hall–Kier alpha value is -3.71. The van der Waals surface area contributed by atoms with Crippen molar-refractivity contribution in [1.29, 1.82) is 0 Å². The number of imide groups is 1. The van der Waals surface area contributed by atoms with Crippen molar-refractivity contribution in [2.45, 2.75) is 51.9 Å². The van der Waals surface area contributed by atoms with Gasteiger partial charge in [0.2, 0.25) is 5.91 Å². The van der Waals surface area contributed by atoms with Gasteiger partial charge in [-0.25, -0.2) is 14.5 Å². The molecule has 2 amide bonds. The van der Waals surface area contributed by atoms with E-state index in [1.54, 1.807) is 6.92 Å². The first-order valence-electron chi connectivity index (χ1n) is 13.6. The van der Waals surface area contributed by atoms with Crippen LogP contribution in [0.15, 0.2) is 72.8 Å². The molecule has 2 aliphatic heterocycles. The van der Waals surface area contributed by atoms with Crippen molar-refractivity contribution in [3.05, 3.63) is 83.9 Å². The van der Waals surface area contributed by atoms with Gasteiger partial charge in [-0.3, -0.25) is 4.79 Å². The molecule has 0 N–H and O–H groups in total. The molecule has 39 heavy (non-hydrogen) atoms. The van der Waals surface area contributed by atoms with Gasteiger partial charge in [-0.15, -0.1) is 0 Å². The Morgan fingerprint density at radius 1 is 1.03 bits per heavy atom. The van der Waals surface area contributed by atoms with E-state index in [-0.39, 0.29) is 37.5 Å². The van der Waals surface area contributed by atoms with Crippen molar-refractivity contribution in [3.63, 3.8) is 0 Å². The number of hydrogen-bond donors (Lipinski definition) is 0. The molecule has 0 saturated carbocycles. The average Bonchev–Trinajstić information content (AvgIpc) is 3.47. The molecule has 0 radical (unpaired) electrons. The summed E-state index contributed by atoms with van der Waals surface area (Å²) >= 11 is 0. The van der Waals surface area contributed by atoms with Crippen LogP contribution in [-0.4, -0.2) is 47.7 Å². The maximum atomic E-state index is 14.3. The van der Waals surface area contributed by atoms with Crippen molar-refractivity contribution >= 4 is 28.7 Å². The highest BCUT2D eigenvalue weighted by atomic mass is 16.6. The van der Waals surface area contributed by atoms with Crippen molar-refractivity contribution < 1.29 is 28.6 Å². The number of hydrogen-bond acceptors (Lipinski definition) is 6. The zero-order valence-electron chi connectivity index (χ0n) is 22.8. The molecule has 204 valence electrons. The number of ether oxygens (including phenoxy) is 3. The van der Waals surface area contributed by atoms with E-state index in [1.165, 1.54) is 4.90 Å². The summed E-state index contributed by atoms with van der Waals surface area (Å²) in [6.07, 6.45) is -1.19. The van der Waals surface area contributed by atoms with E-state index in [2.05, 4.69) is 0 Å². The topological polar surface area (TPSA) is 82.1 Å². The lowest BCUT2D eigenvalue weighted by atomic mass is 9.75. The summed E-state index contributed by atoms with van der Waals surface area (Å²) in [5.74, 6) is -2.29. The van der Waals surface area contributed by atoms with Gasteiger partial charge in [0.05, 0.1) is 24.7 Å². The Labute approximate surface area is 229 Å². The van der Waals surface area contributed by atoms with Gasteiger partial charge >= 0.3 is 12.1 Å². The minimum atomic E-state index is -1.45. The van der Waals surface area contributed by atoms with Gasteiger partial charge in [-0.2, -0.15) is 0 Å². The molecule has 2 aliphatic rings. The number of carbonyl (C=O) groups excluding carboxylic acids is 3. The molecule has 0 bridgehead atoms. The number of fused-ring (bicyclic) bond motifs is 1. The van der Waals surface area contributed by atoms with Gasteiger partial charge in [0, 0.05) is 12.3 Å². The van der Waals surface area contributed by atoms with Crippen LogP contribution in [0.1, 0.15) is 44.9 Å². The summed E-state index contributed by atoms with van der Waals surface area (Å²) in [4.78, 5) is 42.2. The van der Waals surface area contributed by atoms with E-state index in [4.69, 9.17) is 14.2 Å². The minimum absolute atomic E-state index is 0.0127. The van der Waals surface area contributed by atoms with E-state index in [0.29, 0.717) is 0 Å². The predicted octanol–water partition coefficient (Wildman–Crippen LogP) is 5.71. The number of carbonyl (C=O) groups is 3. The molecule has 0 aromatic heterocycles. The average molecular weight is 530 g/mol. The van der Waals surface area contributed by atoms with Crippen LogP contribution in [0.3, 0.4) is 0 Å². The predicted molar refractivity (Wildman–Crippen MR) is 147 cm³/mol. The number of nitrogens with zero attached hydrogens (tertiary/aromatic N) is 1. The summed E-state index contributed by atoms with van der Waals surface area (Å²) in [5.41, 5.74) is 0.242. The van der Waals surface area contributed by atoms with Crippen molar-refractivity contribution in [2.75, 3.05) is 13.2 Å². The van der Waals surface area contributed by atoms with E-state index in [0.717, 1.165) is 21.9 Å². The summed E-state index contributed by atoms with van der Waals surface area (Å²) in [6.45, 7) is 7.86. The van der Waals surface area contributed by atoms with Crippen LogP contribution >= 0.6 is 0 Å². The molecule has 5 rings (SSSR count). The largest absolute Gasteiger partial charge is 0.464 e. The molecule has 0 aliphatic carbocycles. The van der Waals surface area contributed by atoms with Crippen LogP contribution in [0, 0.1) is 17.8 Å². The van der Waals surface area contributed by atoms with Gasteiger partial charge in [-0.1, -0.05) is 93.6 Å². The third-order valence-electron chi connectivity index (χ3n) is 8.22. The quantitative estimate of drug-likeness (QED) is 0.365. The highest BCUT2D eigenvalue weighted by molar-refractivity contribution is 5.96. The van der Waals surface area contributed by atoms with Gasteiger partial charge in [-0.05, 0) is 34.7 Å². The van der Waals surface area contributed by atoms with Crippen LogP contribution in [0.2, 0.25) is 0 Å². The van der Waals surface area contributed by atoms with Gasteiger partial charge in [0.15, 0.2) is 5.60 Å². The van der Waals surface area contributed by atoms with E-state index in [1.807, 2.05) is 93.6 Å². The van der Waals surface area contributed by atoms with Crippen molar-refractivity contribution in [3.8, 4) is 0 Å². The number of cyclic esters (lactones) is 1. The number of esters is 1. The molecule has 5 atom stereocenters. The fourth-order valence-corrected chi connectivity index (χ4v) is 6.05. The van der Waals surface area contributed by atoms with E-state index >= 15 is 0 Å². The molecule has 2 saturated heterocycles. The molecule has 3 aromatic carbocycles. The van der Waals surface area contributed by atoms with Crippen LogP contribution in [0.4, 0.5) is 4.79 Å². The molecule has 0 unspecified atom stereocenters. The standard InChI is InChI=1S/C32H35NO6/c1-5-37-30(35)32(18-24-16-11-15-22-12-9-10-17-25(22)24)21(4)27(28(39-32)23-13-7-6-8-14-23)29(34)33-26(20(2)3)19-38-31(33)36/h6-17,20-21,26-28H,5,18-19H2,1-4H3/t21-,26+,27-,28-,32-/m0/s1. The van der Waals surface area contributed by atoms with Crippen molar-refractivity contribution in [2.24, 2.45) is 17.8 Å². The lowest BCUT2D eigenvalue weighted by Gasteiger charge is -2.32. The first-order valence-corrected chi connectivity index (χ1v) is 13.6. The zero-order chi connectivity index (χ0) is 27.7. The van der Waals surface area contributed by atoms with Crippen LogP contribution in [-0.2, 0) is 30.2 Å². The lowest BCUT2D eigenvalue weighted by molar-refractivity contribution is -0.174. The van der Waals surface area contributed by atoms with Gasteiger partial charge in [0.1, 0.15) is 6.61 Å². The fraction of sp³-hybridized carbons (Fsp3) is 0.406. The third kappa shape index (κ3) is 4.69. The Bertz CT molecular complexity index is 1370. The molecule has 7 heteroatoms. The Morgan fingerprint density at radius 3 is 2.44 bits per heavy atom. The molecule has 3 aromatic rings. The van der Waals surface area contributed by atoms with Gasteiger partial charge in [0.25, 0.3) is 0 Å². The second-order valence-electron chi connectivity index (χ2n) is 10.8. The highest BCUT2D eigenvalue weighted by Gasteiger charge is 2.62. The Morgan fingerprint density at radius 2 is 1.72 bits per heavy atom. The summed E-state index contributed by atoms with van der Waals surface area (Å²) in [7, 11) is 0. The second kappa shape index (κ2) is 10.8. The lowest BCUT2D eigenvalue weighted by Crippen LogP contribution is -2.50. The monoisotopic (exact) mass is 529 g/mol.